The number of carbonyl (C=O) groups is 1. The first-order chi connectivity index (χ1) is 42.6. The molecule has 0 bridgehead atoms. The van der Waals surface area contributed by atoms with Crippen LogP contribution in [0.25, 0.3) is 0 Å². The topological polar surface area (TPSA) is 228 Å². The molecule has 9 N–H and O–H groups in total. The number of aliphatic hydroxyl groups excluding tert-OH is 8. The fourth-order valence-electron chi connectivity index (χ4n) is 11.7. The summed E-state index contributed by atoms with van der Waals surface area (Å²) < 4.78 is 22.8. The molecule has 0 aromatic heterocycles. The third-order valence-corrected chi connectivity index (χ3v) is 17.4. The lowest BCUT2D eigenvalue weighted by atomic mass is 9.97. The molecule has 14 nitrogen and oxygen atoms in total. The minimum Gasteiger partial charge on any atom is -0.394 e. The van der Waals surface area contributed by atoms with E-state index < -0.39 is 86.8 Å². The van der Waals surface area contributed by atoms with Crippen LogP contribution in [0.3, 0.4) is 0 Å². The van der Waals surface area contributed by atoms with Crippen molar-refractivity contribution in [2.75, 3.05) is 19.8 Å². The lowest BCUT2D eigenvalue weighted by Gasteiger charge is -2.46. The van der Waals surface area contributed by atoms with Gasteiger partial charge in [0.15, 0.2) is 12.6 Å². The molecule has 2 aliphatic heterocycles. The summed E-state index contributed by atoms with van der Waals surface area (Å²) in [6.45, 7) is 2.80. The molecule has 2 heterocycles. The van der Waals surface area contributed by atoms with Crippen LogP contribution in [0.4, 0.5) is 0 Å². The molecule has 508 valence electrons. The molecular weight excluding hydrogens is 1100 g/mol. The fraction of sp³-hybridized carbons (Fsp3) is 0.849. The second kappa shape index (κ2) is 57.6. The Morgan fingerprint density at radius 2 is 0.770 bits per heavy atom. The number of aliphatic hydroxyl groups is 8. The van der Waals surface area contributed by atoms with Gasteiger partial charge >= 0.3 is 0 Å². The van der Waals surface area contributed by atoms with Crippen LogP contribution in [0, 0.1) is 0 Å². The molecule has 14 heteroatoms. The van der Waals surface area contributed by atoms with E-state index in [-0.39, 0.29) is 18.9 Å². The number of nitrogens with one attached hydrogen (secondary N) is 1. The van der Waals surface area contributed by atoms with E-state index in [1.54, 1.807) is 6.08 Å². The van der Waals surface area contributed by atoms with Gasteiger partial charge in [0.25, 0.3) is 0 Å². The van der Waals surface area contributed by atoms with E-state index in [1.165, 1.54) is 218 Å². The van der Waals surface area contributed by atoms with E-state index in [2.05, 4.69) is 67.8 Å². The summed E-state index contributed by atoms with van der Waals surface area (Å²) >= 11 is 0. The molecular formula is C73H133NO13. The van der Waals surface area contributed by atoms with Gasteiger partial charge in [-0.15, -0.1) is 0 Å². The number of allylic oxidation sites excluding steroid dienone is 9. The highest BCUT2D eigenvalue weighted by Crippen LogP contribution is 2.30. The van der Waals surface area contributed by atoms with Crippen LogP contribution in [0.2, 0.25) is 0 Å². The van der Waals surface area contributed by atoms with E-state index in [0.29, 0.717) is 12.8 Å². The number of ether oxygens (including phenoxy) is 4. The highest BCUT2D eigenvalue weighted by Gasteiger charge is 2.51. The van der Waals surface area contributed by atoms with Crippen LogP contribution < -0.4 is 5.32 Å². The highest BCUT2D eigenvalue weighted by molar-refractivity contribution is 5.76. The average molecular weight is 1230 g/mol. The summed E-state index contributed by atoms with van der Waals surface area (Å²) in [6, 6.07) is -0.940. The fourth-order valence-corrected chi connectivity index (χ4v) is 11.7. The molecule has 0 spiro atoms. The summed E-state index contributed by atoms with van der Waals surface area (Å²) in [4.78, 5) is 13.3. The number of amides is 1. The Morgan fingerprint density at radius 1 is 0.414 bits per heavy atom. The van der Waals surface area contributed by atoms with Crippen LogP contribution in [-0.4, -0.2) is 140 Å². The summed E-state index contributed by atoms with van der Waals surface area (Å²) in [5, 5.41) is 87.4. The van der Waals surface area contributed by atoms with Gasteiger partial charge in [0.05, 0.1) is 32.0 Å². The van der Waals surface area contributed by atoms with Crippen molar-refractivity contribution in [3.8, 4) is 0 Å². The summed E-state index contributed by atoms with van der Waals surface area (Å²) in [5.41, 5.74) is 0. The minimum absolute atomic E-state index is 0.250. The van der Waals surface area contributed by atoms with Crippen LogP contribution in [0.15, 0.2) is 60.8 Å². The maximum absolute atomic E-state index is 13.3. The standard InChI is InChI=1S/C73H133NO13/c1-3-5-7-9-11-13-15-17-19-21-23-25-27-29-30-31-32-33-35-37-39-41-43-45-47-49-51-53-55-57-65(78)74-61(60-84-72-70(83)68(81)71(64(59-76)86-72)87-73-69(82)67(80)66(79)63(58-75)85-73)62(77)56-54-52-50-48-46-44-42-40-38-36-34-28-26-24-22-20-18-16-14-12-10-8-6-4-2/h15,17,21,23,38,40,46,48,54,56,61-64,66-73,75-77,79-83H,3-14,16,18-20,22,24-37,39,41-45,47,49-53,55,57-60H2,1-2H3,(H,74,78)/b17-15-,23-21-,40-38+,48-46+,56-54+. The summed E-state index contributed by atoms with van der Waals surface area (Å²) in [5.74, 6) is -0.250. The molecule has 0 saturated carbocycles. The number of unbranched alkanes of at least 4 members (excludes halogenated alkanes) is 38. The van der Waals surface area contributed by atoms with Crippen LogP contribution >= 0.6 is 0 Å². The number of hydrogen-bond donors (Lipinski definition) is 9. The normalized spacial score (nSPS) is 23.6. The predicted octanol–water partition coefficient (Wildman–Crippen LogP) is 14.8. The Kier molecular flexibility index (Phi) is 53.5. The molecule has 0 aromatic rings. The molecule has 12 atom stereocenters. The molecule has 0 aromatic carbocycles. The average Bonchev–Trinajstić information content (AvgIpc) is 1.55. The smallest absolute Gasteiger partial charge is 0.220 e. The molecule has 87 heavy (non-hydrogen) atoms. The Hall–Kier alpha value is -2.31. The van der Waals surface area contributed by atoms with Gasteiger partial charge in [-0.2, -0.15) is 0 Å². The Morgan fingerprint density at radius 3 is 1.20 bits per heavy atom. The second-order valence-corrected chi connectivity index (χ2v) is 25.3. The lowest BCUT2D eigenvalue weighted by molar-refractivity contribution is -0.359. The van der Waals surface area contributed by atoms with Crippen LogP contribution in [0.5, 0.6) is 0 Å². The van der Waals surface area contributed by atoms with Gasteiger partial charge < -0.3 is 65.1 Å². The zero-order chi connectivity index (χ0) is 63.1. The van der Waals surface area contributed by atoms with Crippen molar-refractivity contribution in [3.63, 3.8) is 0 Å². The van der Waals surface area contributed by atoms with E-state index in [9.17, 15) is 45.6 Å². The SMILES string of the molecule is CCCCCCC/C=C\C/C=C\CCCCCCCCCCCCCCCCCCCC(=O)NC(COC1OC(CO)C(OC2OC(CO)C(O)C(O)C2O)C(O)C1O)C(O)/C=C/CC/C=C/CC/C=C/CCCCCCCCCCCCCCCC. The van der Waals surface area contributed by atoms with Crippen molar-refractivity contribution < 1.29 is 64.6 Å². The van der Waals surface area contributed by atoms with Gasteiger partial charge in [-0.25, -0.2) is 0 Å². The predicted molar refractivity (Wildman–Crippen MR) is 355 cm³/mol. The van der Waals surface area contributed by atoms with Gasteiger partial charge in [-0.3, -0.25) is 4.79 Å². The second-order valence-electron chi connectivity index (χ2n) is 25.3. The molecule has 2 fully saturated rings. The van der Waals surface area contributed by atoms with E-state index in [1.807, 2.05) is 6.08 Å². The molecule has 2 rings (SSSR count). The van der Waals surface area contributed by atoms with Gasteiger partial charge in [-0.05, 0) is 77.0 Å². The van der Waals surface area contributed by atoms with Crippen LogP contribution in [-0.2, 0) is 23.7 Å². The van der Waals surface area contributed by atoms with Crippen molar-refractivity contribution in [1.29, 1.82) is 0 Å². The largest absolute Gasteiger partial charge is 0.394 e. The highest BCUT2D eigenvalue weighted by atomic mass is 16.7. The first-order valence-corrected chi connectivity index (χ1v) is 36.0. The monoisotopic (exact) mass is 1230 g/mol. The van der Waals surface area contributed by atoms with Crippen molar-refractivity contribution in [2.24, 2.45) is 0 Å². The Labute approximate surface area is 530 Å². The minimum atomic E-state index is -1.79. The first kappa shape index (κ1) is 80.8. The molecule has 2 saturated heterocycles. The summed E-state index contributed by atoms with van der Waals surface area (Å²) in [6.07, 6.45) is 59.9. The number of rotatable bonds is 59. The lowest BCUT2D eigenvalue weighted by Crippen LogP contribution is -2.65. The molecule has 12 unspecified atom stereocenters. The molecule has 2 aliphatic rings. The third-order valence-electron chi connectivity index (χ3n) is 17.4. The maximum Gasteiger partial charge on any atom is 0.220 e. The summed E-state index contributed by atoms with van der Waals surface area (Å²) in [7, 11) is 0. The number of carbonyl (C=O) groups excluding carboxylic acids is 1. The van der Waals surface area contributed by atoms with E-state index in [4.69, 9.17) is 18.9 Å². The van der Waals surface area contributed by atoms with Gasteiger partial charge in [0.1, 0.15) is 48.8 Å². The maximum atomic E-state index is 13.3. The van der Waals surface area contributed by atoms with Gasteiger partial charge in [0, 0.05) is 6.42 Å². The quantitative estimate of drug-likeness (QED) is 0.0204. The first-order valence-electron chi connectivity index (χ1n) is 36.0. The van der Waals surface area contributed by atoms with Crippen molar-refractivity contribution >= 4 is 5.91 Å². The van der Waals surface area contributed by atoms with E-state index >= 15 is 0 Å². The van der Waals surface area contributed by atoms with Crippen molar-refractivity contribution in [2.45, 2.75) is 376 Å². The van der Waals surface area contributed by atoms with Crippen LogP contribution in [0.1, 0.15) is 303 Å². The Bertz CT molecular complexity index is 1690. The zero-order valence-corrected chi connectivity index (χ0v) is 55.3. The van der Waals surface area contributed by atoms with Gasteiger partial charge in [-0.1, -0.05) is 280 Å². The number of hydrogen-bond acceptors (Lipinski definition) is 13. The zero-order valence-electron chi connectivity index (χ0n) is 55.3. The third kappa shape index (κ3) is 41.7. The molecule has 0 radical (unpaired) electrons. The van der Waals surface area contributed by atoms with Gasteiger partial charge in [0.2, 0.25) is 5.91 Å². The Balaban J connectivity index is 1.69. The van der Waals surface area contributed by atoms with Crippen molar-refractivity contribution in [3.05, 3.63) is 60.8 Å². The molecule has 0 aliphatic carbocycles. The molecule has 1 amide bonds. The van der Waals surface area contributed by atoms with Crippen molar-refractivity contribution in [1.82, 2.24) is 5.32 Å². The van der Waals surface area contributed by atoms with E-state index in [0.717, 1.165) is 51.4 Å².